The standard InChI is InChI=1S/C21H37N5O/c1-6-24(7-2)10-8-9-17(3)23-21(27)26-13-11-25(12-14-26)20-15-18(4)22-19(5)16-20/h15-17H,6-14H2,1-5H3,(H,23,27)/t17-/m0/s1. The Balaban J connectivity index is 1.74. The minimum Gasteiger partial charge on any atom is -0.368 e. The van der Waals surface area contributed by atoms with Crippen LogP contribution in [0, 0.1) is 13.8 Å². The normalized spacial score (nSPS) is 15.9. The fraction of sp³-hybridized carbons (Fsp3) is 0.714. The molecule has 6 heteroatoms. The van der Waals surface area contributed by atoms with Crippen LogP contribution in [-0.4, -0.2) is 72.7 Å². The SMILES string of the molecule is CCN(CC)CCC[C@H](C)NC(=O)N1CCN(c2cc(C)nc(C)c2)CC1. The van der Waals surface area contributed by atoms with Crippen molar-refractivity contribution in [1.82, 2.24) is 20.1 Å². The Hall–Kier alpha value is -1.82. The molecular formula is C21H37N5O. The van der Waals surface area contributed by atoms with Gasteiger partial charge < -0.3 is 20.0 Å². The van der Waals surface area contributed by atoms with E-state index in [2.05, 4.69) is 53.0 Å². The van der Waals surface area contributed by atoms with E-state index in [1.165, 1.54) is 5.69 Å². The Labute approximate surface area is 164 Å². The summed E-state index contributed by atoms with van der Waals surface area (Å²) in [6, 6.07) is 4.55. The average Bonchev–Trinajstić information content (AvgIpc) is 2.64. The first-order chi connectivity index (χ1) is 12.9. The Bertz CT molecular complexity index is 574. The van der Waals surface area contributed by atoms with Crippen LogP contribution in [0.4, 0.5) is 10.5 Å². The molecule has 2 amide bonds. The van der Waals surface area contributed by atoms with Gasteiger partial charge in [-0.2, -0.15) is 0 Å². The van der Waals surface area contributed by atoms with E-state index in [0.29, 0.717) is 0 Å². The molecule has 2 heterocycles. The average molecular weight is 376 g/mol. The van der Waals surface area contributed by atoms with E-state index in [9.17, 15) is 4.79 Å². The van der Waals surface area contributed by atoms with Crippen LogP contribution in [-0.2, 0) is 0 Å². The summed E-state index contributed by atoms with van der Waals surface area (Å²) in [5.74, 6) is 0. The number of aryl methyl sites for hydroxylation is 2. The summed E-state index contributed by atoms with van der Waals surface area (Å²) in [5.41, 5.74) is 3.30. The van der Waals surface area contributed by atoms with E-state index in [-0.39, 0.29) is 12.1 Å². The third kappa shape index (κ3) is 6.69. The largest absolute Gasteiger partial charge is 0.368 e. The van der Waals surface area contributed by atoms with Gasteiger partial charge in [0.25, 0.3) is 0 Å². The van der Waals surface area contributed by atoms with Crippen molar-refractivity contribution in [1.29, 1.82) is 0 Å². The van der Waals surface area contributed by atoms with E-state index in [1.807, 2.05) is 18.7 Å². The second-order valence-corrected chi connectivity index (χ2v) is 7.60. The van der Waals surface area contributed by atoms with Crippen molar-refractivity contribution >= 4 is 11.7 Å². The van der Waals surface area contributed by atoms with Crippen LogP contribution in [0.3, 0.4) is 0 Å². The lowest BCUT2D eigenvalue weighted by Crippen LogP contribution is -2.53. The minimum absolute atomic E-state index is 0.0760. The van der Waals surface area contributed by atoms with Gasteiger partial charge in [0.2, 0.25) is 0 Å². The van der Waals surface area contributed by atoms with Crippen molar-refractivity contribution in [2.45, 2.75) is 53.5 Å². The summed E-state index contributed by atoms with van der Waals surface area (Å²) in [6.07, 6.45) is 2.15. The highest BCUT2D eigenvalue weighted by atomic mass is 16.2. The molecule has 1 N–H and O–H groups in total. The molecular weight excluding hydrogens is 338 g/mol. The number of amides is 2. The van der Waals surface area contributed by atoms with Gasteiger partial charge in [-0.25, -0.2) is 4.79 Å². The quantitative estimate of drug-likeness (QED) is 0.759. The fourth-order valence-corrected chi connectivity index (χ4v) is 3.70. The first-order valence-corrected chi connectivity index (χ1v) is 10.4. The van der Waals surface area contributed by atoms with Crippen molar-refractivity contribution in [3.63, 3.8) is 0 Å². The number of hydrogen-bond acceptors (Lipinski definition) is 4. The molecule has 0 aliphatic carbocycles. The topological polar surface area (TPSA) is 51.7 Å². The van der Waals surface area contributed by atoms with Gasteiger partial charge in [-0.05, 0) is 65.4 Å². The second-order valence-electron chi connectivity index (χ2n) is 7.60. The number of nitrogens with one attached hydrogen (secondary N) is 1. The zero-order chi connectivity index (χ0) is 19.8. The lowest BCUT2D eigenvalue weighted by atomic mass is 10.1. The van der Waals surface area contributed by atoms with E-state index < -0.39 is 0 Å². The zero-order valence-corrected chi connectivity index (χ0v) is 17.8. The molecule has 1 aliphatic heterocycles. The van der Waals surface area contributed by atoms with Crippen LogP contribution in [0.1, 0.15) is 45.0 Å². The summed E-state index contributed by atoms with van der Waals surface area (Å²) in [4.78, 5) is 23.7. The van der Waals surface area contributed by atoms with Crippen LogP contribution in [0.5, 0.6) is 0 Å². The summed E-state index contributed by atoms with van der Waals surface area (Å²) in [5, 5.41) is 3.17. The molecule has 2 rings (SSSR count). The van der Waals surface area contributed by atoms with Crippen LogP contribution in [0.2, 0.25) is 0 Å². The molecule has 0 spiro atoms. The maximum atomic E-state index is 12.5. The Morgan fingerprint density at radius 1 is 1.15 bits per heavy atom. The maximum absolute atomic E-state index is 12.5. The number of pyridine rings is 1. The molecule has 0 bridgehead atoms. The van der Waals surface area contributed by atoms with Gasteiger partial charge in [0.15, 0.2) is 0 Å². The van der Waals surface area contributed by atoms with Crippen molar-refractivity contribution in [2.75, 3.05) is 50.7 Å². The van der Waals surface area contributed by atoms with Gasteiger partial charge in [-0.3, -0.25) is 4.98 Å². The van der Waals surface area contributed by atoms with Gasteiger partial charge in [-0.15, -0.1) is 0 Å². The molecule has 1 saturated heterocycles. The van der Waals surface area contributed by atoms with Gasteiger partial charge >= 0.3 is 6.03 Å². The Morgan fingerprint density at radius 2 is 1.74 bits per heavy atom. The monoisotopic (exact) mass is 375 g/mol. The van der Waals surface area contributed by atoms with Crippen molar-refractivity contribution in [3.8, 4) is 0 Å². The third-order valence-corrected chi connectivity index (χ3v) is 5.37. The summed E-state index contributed by atoms with van der Waals surface area (Å²) < 4.78 is 0. The summed E-state index contributed by atoms with van der Waals surface area (Å²) in [6.45, 7) is 17.1. The number of hydrogen-bond donors (Lipinski definition) is 1. The fourth-order valence-electron chi connectivity index (χ4n) is 3.70. The van der Waals surface area contributed by atoms with E-state index in [1.54, 1.807) is 0 Å². The van der Waals surface area contributed by atoms with Crippen LogP contribution in [0.25, 0.3) is 0 Å². The Kier molecular flexibility index (Phi) is 8.35. The number of carbonyl (C=O) groups is 1. The predicted molar refractivity (Wildman–Crippen MR) is 113 cm³/mol. The van der Waals surface area contributed by atoms with Crippen molar-refractivity contribution in [3.05, 3.63) is 23.5 Å². The van der Waals surface area contributed by atoms with Gasteiger partial charge in [0.05, 0.1) is 0 Å². The highest BCUT2D eigenvalue weighted by molar-refractivity contribution is 5.74. The van der Waals surface area contributed by atoms with Gasteiger partial charge in [0, 0.05) is 49.3 Å². The lowest BCUT2D eigenvalue weighted by Gasteiger charge is -2.36. The van der Waals surface area contributed by atoms with Crippen molar-refractivity contribution in [2.24, 2.45) is 0 Å². The van der Waals surface area contributed by atoms with Crippen LogP contribution < -0.4 is 10.2 Å². The summed E-state index contributed by atoms with van der Waals surface area (Å²) in [7, 11) is 0. The third-order valence-electron chi connectivity index (χ3n) is 5.37. The van der Waals surface area contributed by atoms with Gasteiger partial charge in [0.1, 0.15) is 0 Å². The molecule has 152 valence electrons. The number of carbonyl (C=O) groups excluding carboxylic acids is 1. The molecule has 1 aromatic rings. The number of nitrogens with zero attached hydrogens (tertiary/aromatic N) is 4. The number of anilines is 1. The zero-order valence-electron chi connectivity index (χ0n) is 17.8. The highest BCUT2D eigenvalue weighted by Gasteiger charge is 2.22. The minimum atomic E-state index is 0.0760. The van der Waals surface area contributed by atoms with Crippen molar-refractivity contribution < 1.29 is 4.79 Å². The Morgan fingerprint density at radius 3 is 2.30 bits per heavy atom. The number of rotatable bonds is 8. The molecule has 1 aromatic heterocycles. The molecule has 1 aliphatic rings. The van der Waals surface area contributed by atoms with Gasteiger partial charge in [-0.1, -0.05) is 13.8 Å². The number of piperazine rings is 1. The van der Waals surface area contributed by atoms with Crippen LogP contribution in [0.15, 0.2) is 12.1 Å². The molecule has 27 heavy (non-hydrogen) atoms. The molecule has 0 aromatic carbocycles. The van der Waals surface area contributed by atoms with Crippen LogP contribution >= 0.6 is 0 Å². The number of urea groups is 1. The molecule has 6 nitrogen and oxygen atoms in total. The lowest BCUT2D eigenvalue weighted by molar-refractivity contribution is 0.189. The highest BCUT2D eigenvalue weighted by Crippen LogP contribution is 2.18. The van der Waals surface area contributed by atoms with E-state index >= 15 is 0 Å². The second kappa shape index (κ2) is 10.5. The van der Waals surface area contributed by atoms with E-state index in [4.69, 9.17) is 0 Å². The molecule has 1 fully saturated rings. The maximum Gasteiger partial charge on any atom is 0.317 e. The smallest absolute Gasteiger partial charge is 0.317 e. The summed E-state index contributed by atoms with van der Waals surface area (Å²) >= 11 is 0. The molecule has 0 radical (unpaired) electrons. The first-order valence-electron chi connectivity index (χ1n) is 10.4. The predicted octanol–water partition coefficient (Wildman–Crippen LogP) is 3.04. The molecule has 0 saturated carbocycles. The van der Waals surface area contributed by atoms with E-state index in [0.717, 1.165) is 70.0 Å². The molecule has 0 unspecified atom stereocenters. The number of aromatic nitrogens is 1. The first kappa shape index (κ1) is 21.5. The molecule has 1 atom stereocenters.